The predicted octanol–water partition coefficient (Wildman–Crippen LogP) is 6.64. The normalized spacial score (nSPS) is 42.8. The van der Waals surface area contributed by atoms with Crippen molar-refractivity contribution >= 4 is 0 Å². The van der Waals surface area contributed by atoms with Crippen molar-refractivity contribution in [1.29, 1.82) is 0 Å². The molecule has 8 unspecified atom stereocenters. The zero-order chi connectivity index (χ0) is 25.3. The predicted molar refractivity (Wildman–Crippen MR) is 145 cm³/mol. The summed E-state index contributed by atoms with van der Waals surface area (Å²) in [6, 6.07) is 6.07. The molecule has 0 radical (unpaired) electrons. The van der Waals surface area contributed by atoms with Gasteiger partial charge in [0, 0.05) is 18.4 Å². The van der Waals surface area contributed by atoms with E-state index in [1.807, 2.05) is 12.1 Å². The lowest BCUT2D eigenvalue weighted by Gasteiger charge is -2.64. The van der Waals surface area contributed by atoms with E-state index in [-0.39, 0.29) is 23.2 Å². The van der Waals surface area contributed by atoms with E-state index >= 15 is 0 Å². The van der Waals surface area contributed by atoms with E-state index in [2.05, 4.69) is 45.6 Å². The fraction of sp³-hybridized carbons (Fsp3) is 0.758. The molecule has 4 bridgehead atoms. The Morgan fingerprint density at radius 3 is 2.72 bits per heavy atom. The Bertz CT molecular complexity index is 1070. The molecule has 196 valence electrons. The van der Waals surface area contributed by atoms with Crippen LogP contribution < -0.4 is 5.73 Å². The lowest BCUT2D eigenvalue weighted by molar-refractivity contribution is -0.289. The molecule has 6 aliphatic rings. The summed E-state index contributed by atoms with van der Waals surface area (Å²) in [4.78, 5) is 0. The Kier molecular flexibility index (Phi) is 6.05. The lowest BCUT2D eigenvalue weighted by Crippen LogP contribution is -2.71. The molecule has 36 heavy (non-hydrogen) atoms. The minimum absolute atomic E-state index is 0.0768. The van der Waals surface area contributed by atoms with Crippen LogP contribution in [0.3, 0.4) is 0 Å². The van der Waals surface area contributed by atoms with Gasteiger partial charge in [0.1, 0.15) is 5.75 Å². The summed E-state index contributed by atoms with van der Waals surface area (Å²) in [7, 11) is 0. The van der Waals surface area contributed by atoms with E-state index in [1.165, 1.54) is 62.5 Å². The van der Waals surface area contributed by atoms with Crippen LogP contribution in [0.25, 0.3) is 0 Å². The van der Waals surface area contributed by atoms with Gasteiger partial charge in [0.25, 0.3) is 0 Å². The number of phenols is 1. The number of benzene rings is 1. The van der Waals surface area contributed by atoms with Crippen molar-refractivity contribution in [3.05, 3.63) is 29.3 Å². The first-order chi connectivity index (χ1) is 17.1. The average Bonchev–Trinajstić information content (AvgIpc) is 3.15. The smallest absolute Gasteiger partial charge is 0.115 e. The van der Waals surface area contributed by atoms with Crippen molar-refractivity contribution in [2.75, 3.05) is 0 Å². The quantitative estimate of drug-likeness (QED) is 0.458. The van der Waals surface area contributed by atoms with Gasteiger partial charge in [-0.15, -0.1) is 0 Å². The number of phenolic OH excluding ortho intramolecular Hbond substituents is 1. The van der Waals surface area contributed by atoms with Crippen molar-refractivity contribution in [3.8, 4) is 17.6 Å². The number of fused-ring (bicyclic) bond motifs is 5. The summed E-state index contributed by atoms with van der Waals surface area (Å²) in [5.41, 5.74) is 9.72. The van der Waals surface area contributed by atoms with Gasteiger partial charge in [0.05, 0.1) is 17.1 Å². The second-order valence-electron chi connectivity index (χ2n) is 14.5. The first-order valence-electron chi connectivity index (χ1n) is 14.8. The molecule has 1 aromatic rings. The highest BCUT2D eigenvalue weighted by Crippen LogP contribution is 2.63. The number of ether oxygens (including phenoxy) is 1. The Morgan fingerprint density at radius 1 is 1.11 bits per heavy atom. The topological polar surface area (TPSA) is 55.5 Å². The van der Waals surface area contributed by atoms with Crippen LogP contribution in [0.4, 0.5) is 0 Å². The summed E-state index contributed by atoms with van der Waals surface area (Å²) in [5.74, 6) is 10.9. The molecule has 3 N–H and O–H groups in total. The molecule has 1 aromatic carbocycles. The minimum atomic E-state index is -0.217. The molecule has 5 fully saturated rings. The maximum Gasteiger partial charge on any atom is 0.115 e. The highest BCUT2D eigenvalue weighted by molar-refractivity contribution is 5.38. The fourth-order valence-corrected chi connectivity index (χ4v) is 9.96. The zero-order valence-electron chi connectivity index (χ0n) is 23.0. The second kappa shape index (κ2) is 8.78. The van der Waals surface area contributed by atoms with Crippen LogP contribution in [0.5, 0.6) is 5.75 Å². The van der Waals surface area contributed by atoms with Gasteiger partial charge in [0.2, 0.25) is 0 Å². The standard InChI is InChI=1S/C33H47NO2/c1-21(2)14-22-10-12-32(18-22)19-23-15-25-8-9-27(35)17-24(25)6-5-7-29-30(34)28-11-13-33(29,26(16-23)20-32)36-31(28,3)4/h8-9,17,21-23,26,28-30,35H,6,10-16,18-20,34H2,1-4H3. The Balaban J connectivity index is 1.43. The molecule has 0 aromatic heterocycles. The molecule has 3 heteroatoms. The van der Waals surface area contributed by atoms with Gasteiger partial charge in [-0.2, -0.15) is 0 Å². The molecule has 4 aliphatic carbocycles. The number of nitrogens with two attached hydrogens (primary N) is 1. The van der Waals surface area contributed by atoms with Gasteiger partial charge >= 0.3 is 0 Å². The fourth-order valence-electron chi connectivity index (χ4n) is 9.96. The van der Waals surface area contributed by atoms with Crippen LogP contribution >= 0.6 is 0 Å². The van der Waals surface area contributed by atoms with E-state index in [0.717, 1.165) is 24.7 Å². The van der Waals surface area contributed by atoms with E-state index < -0.39 is 0 Å². The van der Waals surface area contributed by atoms with Gasteiger partial charge in [-0.3, -0.25) is 0 Å². The van der Waals surface area contributed by atoms with E-state index in [1.54, 1.807) is 0 Å². The molecule has 0 amide bonds. The first kappa shape index (κ1) is 24.8. The van der Waals surface area contributed by atoms with Crippen molar-refractivity contribution in [1.82, 2.24) is 0 Å². The molecule has 8 atom stereocenters. The summed E-state index contributed by atoms with van der Waals surface area (Å²) in [6.07, 6.45) is 13.5. The number of hydrogen-bond acceptors (Lipinski definition) is 3. The highest BCUT2D eigenvalue weighted by atomic mass is 16.5. The minimum Gasteiger partial charge on any atom is -0.508 e. The second-order valence-corrected chi connectivity index (χ2v) is 14.5. The maximum absolute atomic E-state index is 10.3. The van der Waals surface area contributed by atoms with E-state index in [0.29, 0.717) is 35.3 Å². The van der Waals surface area contributed by atoms with Crippen LogP contribution in [0.1, 0.15) is 96.6 Å². The van der Waals surface area contributed by atoms with Crippen LogP contribution in [0.2, 0.25) is 0 Å². The van der Waals surface area contributed by atoms with Gasteiger partial charge in [-0.05, 0) is 130 Å². The average molecular weight is 490 g/mol. The third-order valence-corrected chi connectivity index (χ3v) is 11.1. The van der Waals surface area contributed by atoms with Crippen molar-refractivity contribution < 1.29 is 9.84 Å². The highest BCUT2D eigenvalue weighted by Gasteiger charge is 2.64. The first-order valence-corrected chi connectivity index (χ1v) is 14.8. The number of hydrogen-bond donors (Lipinski definition) is 2. The van der Waals surface area contributed by atoms with Crippen molar-refractivity contribution in [2.45, 2.75) is 116 Å². The molecule has 2 aliphatic heterocycles. The zero-order valence-corrected chi connectivity index (χ0v) is 23.0. The molecule has 2 saturated heterocycles. The third kappa shape index (κ3) is 4.12. The summed E-state index contributed by atoms with van der Waals surface area (Å²) >= 11 is 0. The monoisotopic (exact) mass is 489 g/mol. The van der Waals surface area contributed by atoms with Gasteiger partial charge in [-0.25, -0.2) is 0 Å². The van der Waals surface area contributed by atoms with Crippen LogP contribution in [-0.2, 0) is 17.6 Å². The van der Waals surface area contributed by atoms with Crippen LogP contribution in [0, 0.1) is 52.8 Å². The summed E-state index contributed by atoms with van der Waals surface area (Å²) in [5, 5.41) is 10.3. The van der Waals surface area contributed by atoms with Crippen LogP contribution in [-0.4, -0.2) is 22.4 Å². The maximum atomic E-state index is 10.3. The van der Waals surface area contributed by atoms with Crippen molar-refractivity contribution in [2.24, 2.45) is 46.7 Å². The molecule has 2 heterocycles. The van der Waals surface area contributed by atoms with Crippen molar-refractivity contribution in [3.63, 3.8) is 0 Å². The molecule has 3 nitrogen and oxygen atoms in total. The number of rotatable bonds is 2. The summed E-state index contributed by atoms with van der Waals surface area (Å²) < 4.78 is 7.26. The Hall–Kier alpha value is -1.50. The Morgan fingerprint density at radius 2 is 1.94 bits per heavy atom. The summed E-state index contributed by atoms with van der Waals surface area (Å²) in [6.45, 7) is 9.35. The number of aromatic hydroxyl groups is 1. The van der Waals surface area contributed by atoms with Gasteiger partial charge in [-0.1, -0.05) is 31.8 Å². The molecular formula is C33H47NO2. The van der Waals surface area contributed by atoms with Crippen LogP contribution in [0.15, 0.2) is 18.2 Å². The van der Waals surface area contributed by atoms with E-state index in [9.17, 15) is 5.11 Å². The van der Waals surface area contributed by atoms with Gasteiger partial charge < -0.3 is 15.6 Å². The molecule has 2 spiro atoms. The SMILES string of the molecule is CC(C)CC1CCC2(C1)CC1Cc3ccc(O)cc3CC#CC3C(N)C4CCC3(OC4(C)C)C(C1)C2. The molecule has 3 saturated carbocycles. The van der Waals surface area contributed by atoms with Gasteiger partial charge in [0.15, 0.2) is 0 Å². The van der Waals surface area contributed by atoms with E-state index in [4.69, 9.17) is 10.5 Å². The largest absolute Gasteiger partial charge is 0.508 e. The Labute approximate surface area is 219 Å². The third-order valence-electron chi connectivity index (χ3n) is 11.1. The molecular weight excluding hydrogens is 442 g/mol. The molecule has 7 rings (SSSR count). The lowest BCUT2D eigenvalue weighted by atomic mass is 9.51.